The molecular weight excluding hydrogens is 743 g/mol. The molecule has 0 bridgehead atoms. The van der Waals surface area contributed by atoms with Crippen molar-refractivity contribution >= 4 is 19.8 Å². The van der Waals surface area contributed by atoms with Gasteiger partial charge in [-0.05, 0) is 47.3 Å². The monoisotopic (exact) mass is 834 g/mol. The highest BCUT2D eigenvalue weighted by Gasteiger charge is 2.23. The summed E-state index contributed by atoms with van der Waals surface area (Å²) in [7, 11) is -4.90. The van der Waals surface area contributed by atoms with E-state index in [4.69, 9.17) is 19.1 Å². The molecule has 0 fully saturated rings. The van der Waals surface area contributed by atoms with Crippen LogP contribution in [-0.4, -0.2) is 60.8 Å². The fourth-order valence-electron chi connectivity index (χ4n) is 7.40. The third-order valence-corrected chi connectivity index (χ3v) is 12.3. The van der Waals surface area contributed by atoms with Crippen molar-refractivity contribution in [3.63, 3.8) is 0 Å². The summed E-state index contributed by atoms with van der Waals surface area (Å²) in [6.07, 6.45) is 19.2. The van der Waals surface area contributed by atoms with E-state index < -0.39 is 51.8 Å². The van der Waals surface area contributed by atoms with Gasteiger partial charge in [0.15, 0.2) is 6.10 Å². The Morgan fingerprint density at radius 2 is 0.842 bits per heavy atom. The highest BCUT2D eigenvalue weighted by atomic mass is 31.2. The maximum absolute atomic E-state index is 13.0. The summed E-state index contributed by atoms with van der Waals surface area (Å²) < 4.78 is 32.9. The van der Waals surface area contributed by atoms with Gasteiger partial charge in [-0.3, -0.25) is 14.2 Å². The second-order valence-electron chi connectivity index (χ2n) is 19.1. The quantitative estimate of drug-likeness (QED) is 0.0454. The summed E-state index contributed by atoms with van der Waals surface area (Å²) >= 11 is 0. The molecule has 0 aromatic carbocycles. The zero-order valence-corrected chi connectivity index (χ0v) is 39.2. The molecule has 0 saturated heterocycles. The van der Waals surface area contributed by atoms with E-state index in [0.29, 0.717) is 11.8 Å². The van der Waals surface area contributed by atoms with Crippen LogP contribution in [0.4, 0.5) is 0 Å². The summed E-state index contributed by atoms with van der Waals surface area (Å²) in [5.41, 5.74) is 0. The minimum atomic E-state index is -4.90. The largest absolute Gasteiger partial charge is 0.756 e. The van der Waals surface area contributed by atoms with Crippen LogP contribution in [0.5, 0.6) is 0 Å². The molecule has 340 valence electrons. The lowest BCUT2D eigenvalue weighted by atomic mass is 9.91. The van der Waals surface area contributed by atoms with Crippen LogP contribution in [0.15, 0.2) is 0 Å². The first-order chi connectivity index (χ1) is 26.8. The van der Waals surface area contributed by atoms with Crippen LogP contribution < -0.4 is 4.89 Å². The minimum absolute atomic E-state index is 0.0652. The summed E-state index contributed by atoms with van der Waals surface area (Å²) in [6, 6.07) is 0. The van der Waals surface area contributed by atoms with Crippen LogP contribution in [0, 0.1) is 47.3 Å². The van der Waals surface area contributed by atoms with Gasteiger partial charge in [-0.15, -0.1) is 0 Å². The summed E-state index contributed by atoms with van der Waals surface area (Å²) in [4.78, 5) is 38.0. The van der Waals surface area contributed by atoms with Gasteiger partial charge in [-0.25, -0.2) is 0 Å². The van der Waals surface area contributed by atoms with Gasteiger partial charge in [-0.2, -0.15) is 0 Å². The van der Waals surface area contributed by atoms with E-state index in [1.54, 1.807) is 0 Å². The molecule has 0 aliphatic heterocycles. The Morgan fingerprint density at radius 3 is 1.21 bits per heavy atom. The lowest BCUT2D eigenvalue weighted by Crippen LogP contribution is -2.31. The molecule has 10 nitrogen and oxygen atoms in total. The number of hydrogen-bond donors (Lipinski definition) is 2. The fraction of sp³-hybridized carbons (Fsp3) is 0.957. The standard InChI is InChI=1S/C46H91O10P/c1-35(2)17-11-19-37(5)21-13-23-39(7)25-15-27-41(9)29-45(49)53-33-44(34-55-57(51,52)54-32-43(48)31-47)56-46(50)30-42(10)28-16-26-40(8)24-14-22-38(6)20-12-18-36(3)4/h35-44,47-48H,11-34H2,1-10H3,(H,51,52)/p-1/t37?,38?,39?,40?,41?,42?,43?,44-/m1/s1. The highest BCUT2D eigenvalue weighted by molar-refractivity contribution is 7.45. The van der Waals surface area contributed by atoms with Gasteiger partial charge in [0.25, 0.3) is 7.82 Å². The van der Waals surface area contributed by atoms with Gasteiger partial charge in [-0.1, -0.05) is 185 Å². The van der Waals surface area contributed by atoms with Crippen molar-refractivity contribution < 1.29 is 47.8 Å². The van der Waals surface area contributed by atoms with Gasteiger partial charge in [0.2, 0.25) is 0 Å². The van der Waals surface area contributed by atoms with Crippen LogP contribution in [0.25, 0.3) is 0 Å². The Bertz CT molecular complexity index is 1040. The van der Waals surface area contributed by atoms with Gasteiger partial charge in [0, 0.05) is 12.8 Å². The van der Waals surface area contributed by atoms with Gasteiger partial charge in [0.05, 0.1) is 19.8 Å². The van der Waals surface area contributed by atoms with Crippen LogP contribution in [0.2, 0.25) is 0 Å². The number of phosphoric ester groups is 1. The Hall–Kier alpha value is -1.03. The Morgan fingerprint density at radius 1 is 0.509 bits per heavy atom. The molecule has 0 radical (unpaired) electrons. The van der Waals surface area contributed by atoms with Crippen molar-refractivity contribution in [1.29, 1.82) is 0 Å². The molecule has 0 rings (SSSR count). The Balaban J connectivity index is 4.77. The molecule has 2 N–H and O–H groups in total. The van der Waals surface area contributed by atoms with Gasteiger partial charge < -0.3 is 33.6 Å². The molecule has 0 aromatic heterocycles. The highest BCUT2D eigenvalue weighted by Crippen LogP contribution is 2.38. The molecule has 8 unspecified atom stereocenters. The molecule has 0 saturated carbocycles. The molecular formula is C46H90O10P-. The van der Waals surface area contributed by atoms with Crippen molar-refractivity contribution in [3.8, 4) is 0 Å². The van der Waals surface area contributed by atoms with Crippen LogP contribution >= 0.6 is 7.82 Å². The second kappa shape index (κ2) is 33.7. The van der Waals surface area contributed by atoms with E-state index in [9.17, 15) is 24.2 Å². The van der Waals surface area contributed by atoms with Crippen LogP contribution in [0.3, 0.4) is 0 Å². The van der Waals surface area contributed by atoms with Crippen molar-refractivity contribution in [2.24, 2.45) is 47.3 Å². The molecule has 0 spiro atoms. The van der Waals surface area contributed by atoms with E-state index in [1.807, 2.05) is 13.8 Å². The first-order valence-corrected chi connectivity index (χ1v) is 24.5. The lowest BCUT2D eigenvalue weighted by molar-refractivity contribution is -0.230. The number of aliphatic hydroxyl groups is 2. The van der Waals surface area contributed by atoms with Crippen LogP contribution in [-0.2, 0) is 32.7 Å². The number of hydrogen-bond acceptors (Lipinski definition) is 10. The summed E-state index contributed by atoms with van der Waals surface area (Å²) in [6.45, 7) is 20.2. The molecule has 0 heterocycles. The zero-order valence-electron chi connectivity index (χ0n) is 38.4. The number of phosphoric acid groups is 1. The topological polar surface area (TPSA) is 152 Å². The minimum Gasteiger partial charge on any atom is -0.756 e. The number of carbonyl (C=O) groups is 2. The molecule has 57 heavy (non-hydrogen) atoms. The van der Waals surface area contributed by atoms with Gasteiger partial charge >= 0.3 is 11.9 Å². The van der Waals surface area contributed by atoms with Gasteiger partial charge in [0.1, 0.15) is 12.7 Å². The predicted molar refractivity (Wildman–Crippen MR) is 230 cm³/mol. The van der Waals surface area contributed by atoms with E-state index in [-0.39, 0.29) is 31.3 Å². The first kappa shape index (κ1) is 56.0. The molecule has 0 amide bonds. The molecule has 9 atom stereocenters. The molecule has 0 aliphatic carbocycles. The van der Waals surface area contributed by atoms with Crippen LogP contribution in [0.1, 0.15) is 198 Å². The number of ether oxygens (including phenoxy) is 2. The fourth-order valence-corrected chi connectivity index (χ4v) is 8.17. The second-order valence-corrected chi connectivity index (χ2v) is 20.5. The van der Waals surface area contributed by atoms with E-state index in [2.05, 4.69) is 59.9 Å². The van der Waals surface area contributed by atoms with E-state index in [1.165, 1.54) is 77.0 Å². The van der Waals surface area contributed by atoms with E-state index >= 15 is 0 Å². The third-order valence-electron chi connectivity index (χ3n) is 11.3. The number of aliphatic hydroxyl groups excluding tert-OH is 2. The lowest BCUT2D eigenvalue weighted by Gasteiger charge is -2.26. The normalized spacial score (nSPS) is 17.4. The number of rotatable bonds is 38. The molecule has 0 aliphatic rings. The maximum atomic E-state index is 13.0. The molecule has 11 heteroatoms. The number of esters is 2. The smallest absolute Gasteiger partial charge is 0.306 e. The predicted octanol–water partition coefficient (Wildman–Crippen LogP) is 11.2. The summed E-state index contributed by atoms with van der Waals surface area (Å²) in [5, 5.41) is 18.4. The van der Waals surface area contributed by atoms with Crippen molar-refractivity contribution in [3.05, 3.63) is 0 Å². The van der Waals surface area contributed by atoms with Crippen molar-refractivity contribution in [2.75, 3.05) is 26.4 Å². The first-order valence-electron chi connectivity index (χ1n) is 23.1. The van der Waals surface area contributed by atoms with Crippen molar-refractivity contribution in [1.82, 2.24) is 0 Å². The third kappa shape index (κ3) is 35.4. The maximum Gasteiger partial charge on any atom is 0.306 e. The number of carbonyl (C=O) groups excluding carboxylic acids is 2. The van der Waals surface area contributed by atoms with Crippen molar-refractivity contribution in [2.45, 2.75) is 210 Å². The average molecular weight is 834 g/mol. The SMILES string of the molecule is CC(C)CCCC(C)CCCC(C)CCCC(C)CC(=O)OC[C@H](COP(=O)([O-])OCC(O)CO)OC(=O)CC(C)CCCC(C)CCCC(C)CCCC(C)C. The molecule has 0 aromatic rings. The zero-order chi connectivity index (χ0) is 43.2. The summed E-state index contributed by atoms with van der Waals surface area (Å²) in [5.74, 6) is 3.60. The van der Waals surface area contributed by atoms with E-state index in [0.717, 1.165) is 62.2 Å². The average Bonchev–Trinajstić information content (AvgIpc) is 3.11. The Labute approximate surface area is 350 Å². The Kier molecular flexibility index (Phi) is 33.1.